The van der Waals surface area contributed by atoms with Gasteiger partial charge in [0.25, 0.3) is 0 Å². The fourth-order valence-corrected chi connectivity index (χ4v) is 3.57. The molecule has 2 rings (SSSR count). The molecule has 1 aromatic rings. The molecule has 0 saturated heterocycles. The number of hydrogen-bond donors (Lipinski definition) is 2. The number of aryl methyl sites for hydroxylation is 1. The second-order valence-electron chi connectivity index (χ2n) is 5.45. The summed E-state index contributed by atoms with van der Waals surface area (Å²) >= 11 is 1.79. The third-order valence-corrected chi connectivity index (χ3v) is 4.65. The van der Waals surface area contributed by atoms with Gasteiger partial charge in [-0.1, -0.05) is 12.8 Å². The maximum absolute atomic E-state index is 12.1. The quantitative estimate of drug-likeness (QED) is 0.898. The van der Waals surface area contributed by atoms with Gasteiger partial charge in [-0.2, -0.15) is 0 Å². The van der Waals surface area contributed by atoms with Gasteiger partial charge in [-0.3, -0.25) is 4.79 Å². The summed E-state index contributed by atoms with van der Waals surface area (Å²) in [5.74, 6) is 0.0285. The van der Waals surface area contributed by atoms with Crippen LogP contribution in [0.3, 0.4) is 0 Å². The van der Waals surface area contributed by atoms with Gasteiger partial charge in [-0.15, -0.1) is 23.7 Å². The first-order valence-corrected chi connectivity index (χ1v) is 7.46. The van der Waals surface area contributed by atoms with E-state index in [0.29, 0.717) is 0 Å². The molecule has 1 aromatic heterocycles. The molecule has 0 aliphatic heterocycles. The highest BCUT2D eigenvalue weighted by Crippen LogP contribution is 2.27. The summed E-state index contributed by atoms with van der Waals surface area (Å²) in [6.45, 7) is 4.15. The Bertz CT molecular complexity index is 427. The Labute approximate surface area is 125 Å². The van der Waals surface area contributed by atoms with Crippen molar-refractivity contribution >= 4 is 29.7 Å². The highest BCUT2D eigenvalue weighted by atomic mass is 35.5. The second kappa shape index (κ2) is 6.73. The van der Waals surface area contributed by atoms with Gasteiger partial charge in [0.05, 0.1) is 5.54 Å². The Balaban J connectivity index is 0.00000180. The molecular weight excluding hydrogens is 280 g/mol. The van der Waals surface area contributed by atoms with Crippen molar-refractivity contribution in [3.8, 4) is 0 Å². The van der Waals surface area contributed by atoms with Crippen LogP contribution in [-0.4, -0.2) is 17.5 Å². The van der Waals surface area contributed by atoms with Crippen LogP contribution >= 0.6 is 23.7 Å². The number of rotatable bonds is 4. The van der Waals surface area contributed by atoms with Crippen molar-refractivity contribution in [3.05, 3.63) is 21.9 Å². The fraction of sp³-hybridized carbons (Fsp3) is 0.643. The minimum atomic E-state index is -0.611. The average Bonchev–Trinajstić information content (AvgIpc) is 2.89. The zero-order valence-corrected chi connectivity index (χ0v) is 13.2. The molecule has 3 N–H and O–H groups in total. The fourth-order valence-electron chi connectivity index (χ4n) is 2.55. The van der Waals surface area contributed by atoms with E-state index >= 15 is 0 Å². The van der Waals surface area contributed by atoms with E-state index in [9.17, 15) is 4.79 Å². The summed E-state index contributed by atoms with van der Waals surface area (Å²) in [7, 11) is 0. The van der Waals surface area contributed by atoms with E-state index in [0.717, 1.165) is 32.1 Å². The molecule has 108 valence electrons. The van der Waals surface area contributed by atoms with Gasteiger partial charge < -0.3 is 11.1 Å². The summed E-state index contributed by atoms with van der Waals surface area (Å²) in [4.78, 5) is 14.8. The van der Waals surface area contributed by atoms with E-state index in [1.54, 1.807) is 11.3 Å². The standard InChI is InChI=1S/C14H22N2OS.ClH/c1-10(9-12-6-5-11(2)18-12)16-13(17)14(15)7-3-4-8-14;/h5-6,10H,3-4,7-9,15H2,1-2H3,(H,16,17);1H. The van der Waals surface area contributed by atoms with E-state index in [1.807, 2.05) is 6.92 Å². The topological polar surface area (TPSA) is 55.1 Å². The monoisotopic (exact) mass is 302 g/mol. The molecule has 1 fully saturated rings. The molecule has 0 bridgehead atoms. The predicted octanol–water partition coefficient (Wildman–Crippen LogP) is 2.80. The maximum atomic E-state index is 12.1. The van der Waals surface area contributed by atoms with Crippen LogP contribution in [0.1, 0.15) is 42.4 Å². The van der Waals surface area contributed by atoms with Gasteiger partial charge in [-0.05, 0) is 38.8 Å². The largest absolute Gasteiger partial charge is 0.352 e. The average molecular weight is 303 g/mol. The van der Waals surface area contributed by atoms with Crippen molar-refractivity contribution in [2.45, 2.75) is 57.5 Å². The molecule has 0 spiro atoms. The molecular formula is C14H23ClN2OS. The Morgan fingerprint density at radius 1 is 1.47 bits per heavy atom. The van der Waals surface area contributed by atoms with Crippen molar-refractivity contribution in [3.63, 3.8) is 0 Å². The molecule has 1 aliphatic rings. The summed E-state index contributed by atoms with van der Waals surface area (Å²) in [5.41, 5.74) is 5.53. The van der Waals surface area contributed by atoms with Crippen LogP contribution in [0.5, 0.6) is 0 Å². The zero-order valence-electron chi connectivity index (χ0n) is 11.6. The smallest absolute Gasteiger partial charge is 0.240 e. The van der Waals surface area contributed by atoms with E-state index in [-0.39, 0.29) is 24.4 Å². The van der Waals surface area contributed by atoms with Gasteiger partial charge in [0, 0.05) is 22.2 Å². The van der Waals surface area contributed by atoms with Crippen molar-refractivity contribution in [2.24, 2.45) is 5.73 Å². The number of carbonyl (C=O) groups excluding carboxylic acids is 1. The molecule has 1 heterocycles. The number of halogens is 1. The molecule has 19 heavy (non-hydrogen) atoms. The lowest BCUT2D eigenvalue weighted by Crippen LogP contribution is -2.54. The van der Waals surface area contributed by atoms with Gasteiger partial charge >= 0.3 is 0 Å². The maximum Gasteiger partial charge on any atom is 0.240 e. The summed E-state index contributed by atoms with van der Waals surface area (Å²) < 4.78 is 0. The van der Waals surface area contributed by atoms with Gasteiger partial charge in [-0.25, -0.2) is 0 Å². The van der Waals surface area contributed by atoms with E-state index in [1.165, 1.54) is 9.75 Å². The number of carbonyl (C=O) groups is 1. The molecule has 1 unspecified atom stereocenters. The lowest BCUT2D eigenvalue weighted by atomic mass is 9.97. The Morgan fingerprint density at radius 2 is 2.11 bits per heavy atom. The van der Waals surface area contributed by atoms with Crippen molar-refractivity contribution in [1.29, 1.82) is 0 Å². The second-order valence-corrected chi connectivity index (χ2v) is 6.83. The minimum Gasteiger partial charge on any atom is -0.352 e. The van der Waals surface area contributed by atoms with Crippen LogP contribution < -0.4 is 11.1 Å². The lowest BCUT2D eigenvalue weighted by Gasteiger charge is -2.25. The van der Waals surface area contributed by atoms with Crippen molar-refractivity contribution in [1.82, 2.24) is 5.32 Å². The first-order valence-electron chi connectivity index (χ1n) is 6.65. The highest BCUT2D eigenvalue weighted by Gasteiger charge is 2.37. The minimum absolute atomic E-state index is 0. The number of nitrogens with two attached hydrogens (primary N) is 1. The highest BCUT2D eigenvalue weighted by molar-refractivity contribution is 7.11. The Morgan fingerprint density at radius 3 is 2.63 bits per heavy atom. The first-order chi connectivity index (χ1) is 8.49. The first kappa shape index (κ1) is 16.5. The van der Waals surface area contributed by atoms with Crippen LogP contribution in [0.4, 0.5) is 0 Å². The zero-order chi connectivity index (χ0) is 13.2. The molecule has 0 radical (unpaired) electrons. The van der Waals surface area contributed by atoms with Gasteiger partial charge in [0.15, 0.2) is 0 Å². The van der Waals surface area contributed by atoms with Crippen LogP contribution in [0.25, 0.3) is 0 Å². The van der Waals surface area contributed by atoms with Crippen LogP contribution in [0.15, 0.2) is 12.1 Å². The molecule has 1 saturated carbocycles. The van der Waals surface area contributed by atoms with E-state index in [2.05, 4.69) is 24.4 Å². The molecule has 0 aromatic carbocycles. The van der Waals surface area contributed by atoms with Crippen LogP contribution in [0, 0.1) is 6.92 Å². The number of thiophene rings is 1. The summed E-state index contributed by atoms with van der Waals surface area (Å²) in [5, 5.41) is 3.06. The summed E-state index contributed by atoms with van der Waals surface area (Å²) in [6.07, 6.45) is 4.68. The SMILES string of the molecule is Cc1ccc(CC(C)NC(=O)C2(N)CCCC2)s1.Cl. The van der Waals surface area contributed by atoms with Crippen LogP contribution in [0.2, 0.25) is 0 Å². The van der Waals surface area contributed by atoms with Crippen LogP contribution in [-0.2, 0) is 11.2 Å². The molecule has 1 atom stereocenters. The number of nitrogens with one attached hydrogen (secondary N) is 1. The third-order valence-electron chi connectivity index (χ3n) is 3.63. The van der Waals surface area contributed by atoms with Crippen molar-refractivity contribution in [2.75, 3.05) is 0 Å². The summed E-state index contributed by atoms with van der Waals surface area (Å²) in [6, 6.07) is 4.41. The molecule has 3 nitrogen and oxygen atoms in total. The van der Waals surface area contributed by atoms with Gasteiger partial charge in [0.1, 0.15) is 0 Å². The predicted molar refractivity (Wildman–Crippen MR) is 83.0 cm³/mol. The van der Waals surface area contributed by atoms with Crippen molar-refractivity contribution < 1.29 is 4.79 Å². The van der Waals surface area contributed by atoms with Gasteiger partial charge in [0.2, 0.25) is 5.91 Å². The molecule has 1 aliphatic carbocycles. The van der Waals surface area contributed by atoms with E-state index in [4.69, 9.17) is 5.73 Å². The Hall–Kier alpha value is -0.580. The molecule has 5 heteroatoms. The number of amides is 1. The normalized spacial score (nSPS) is 18.7. The lowest BCUT2D eigenvalue weighted by molar-refractivity contribution is -0.126. The molecule has 1 amide bonds. The van der Waals surface area contributed by atoms with E-state index < -0.39 is 5.54 Å². The third kappa shape index (κ3) is 4.20. The number of hydrogen-bond acceptors (Lipinski definition) is 3. The Kier molecular flexibility index (Phi) is 5.83.